The number of carbonyl (C=O) groups is 1. The summed E-state index contributed by atoms with van der Waals surface area (Å²) in [5.74, 6) is 0.878. The standard InChI is InChI=1S/C34H34N6O6S2/c1-4-32-38-33-24(3)37-27(12-7-25-10-17-29(18-11-25)47(43,44)36-22-41)21-31(33)40(32)28-13-8-26(9-14-28)19-20-35-34(42)39-48(45,46)30-15-5-23(2)6-16-30/h5-6,8-11,13-18,21H,4,7,12,19-20H2,1-3H3,(H2,35,39,42). The number of hydrogen-bond acceptors (Lipinski definition) is 8. The second-order valence-electron chi connectivity index (χ2n) is 11.2. The van der Waals surface area contributed by atoms with E-state index in [2.05, 4.69) is 14.3 Å². The molecule has 0 aliphatic rings. The summed E-state index contributed by atoms with van der Waals surface area (Å²) in [5, 5.41) is 2.61. The van der Waals surface area contributed by atoms with Crippen molar-refractivity contribution in [3.8, 4) is 5.69 Å². The van der Waals surface area contributed by atoms with Gasteiger partial charge in [0.15, 0.2) is 0 Å². The van der Waals surface area contributed by atoms with E-state index in [0.29, 0.717) is 25.7 Å². The zero-order chi connectivity index (χ0) is 34.5. The van der Waals surface area contributed by atoms with Crippen LogP contribution in [0.1, 0.15) is 40.8 Å². The topological polar surface area (TPSA) is 170 Å². The molecule has 248 valence electrons. The molecular weight excluding hydrogens is 653 g/mol. The summed E-state index contributed by atoms with van der Waals surface area (Å²) in [6.45, 7) is 6.05. The first-order valence-corrected chi connectivity index (χ1v) is 18.1. The van der Waals surface area contributed by atoms with Crippen LogP contribution in [0.4, 0.5) is 4.79 Å². The van der Waals surface area contributed by atoms with E-state index in [9.17, 15) is 26.4 Å². The highest BCUT2D eigenvalue weighted by molar-refractivity contribution is 7.90. The Morgan fingerprint density at radius 3 is 2.10 bits per heavy atom. The summed E-state index contributed by atoms with van der Waals surface area (Å²) in [5.41, 5.74) is 7.07. The second-order valence-corrected chi connectivity index (χ2v) is 14.5. The lowest BCUT2D eigenvalue weighted by atomic mass is 10.1. The van der Waals surface area contributed by atoms with Crippen molar-refractivity contribution in [3.05, 3.63) is 113 Å². The number of nitrogens with zero attached hydrogens (tertiary/aromatic N) is 4. The lowest BCUT2D eigenvalue weighted by molar-refractivity contribution is 0.246. The van der Waals surface area contributed by atoms with E-state index in [0.717, 1.165) is 56.7 Å². The molecule has 2 N–H and O–H groups in total. The summed E-state index contributed by atoms with van der Waals surface area (Å²) in [6.07, 6.45) is 3.48. The number of amides is 2. The summed E-state index contributed by atoms with van der Waals surface area (Å²) >= 11 is 0. The van der Waals surface area contributed by atoms with Gasteiger partial charge in [-0.05, 0) is 86.7 Å². The number of isocyanates is 1. The van der Waals surface area contributed by atoms with Crippen LogP contribution in [-0.2, 0) is 50.5 Å². The molecular formula is C34H34N6O6S2. The number of carbonyl (C=O) groups excluding carboxylic acids is 2. The van der Waals surface area contributed by atoms with Crippen LogP contribution in [-0.4, -0.2) is 50.0 Å². The Morgan fingerprint density at radius 2 is 1.46 bits per heavy atom. The van der Waals surface area contributed by atoms with E-state index in [4.69, 9.17) is 9.97 Å². The Balaban J connectivity index is 1.26. The molecule has 0 aliphatic carbocycles. The van der Waals surface area contributed by atoms with Crippen molar-refractivity contribution in [2.45, 2.75) is 56.2 Å². The molecule has 0 spiro atoms. The Hall–Kier alpha value is -5.17. The first-order valence-electron chi connectivity index (χ1n) is 15.2. The molecule has 0 radical (unpaired) electrons. The number of imidazole rings is 1. The smallest absolute Gasteiger partial charge is 0.328 e. The third-order valence-electron chi connectivity index (χ3n) is 7.76. The normalized spacial score (nSPS) is 11.6. The number of aromatic nitrogens is 3. The van der Waals surface area contributed by atoms with Gasteiger partial charge in [-0.3, -0.25) is 9.55 Å². The molecule has 3 aromatic carbocycles. The van der Waals surface area contributed by atoms with Gasteiger partial charge in [-0.1, -0.05) is 53.3 Å². The molecule has 48 heavy (non-hydrogen) atoms. The maximum atomic E-state index is 12.5. The number of pyridine rings is 1. The van der Waals surface area contributed by atoms with E-state index in [1.54, 1.807) is 24.3 Å². The minimum atomic E-state index is -4.04. The average Bonchev–Trinajstić information content (AvgIpc) is 3.43. The number of sulfonamides is 2. The first-order chi connectivity index (χ1) is 22.9. The van der Waals surface area contributed by atoms with Gasteiger partial charge in [-0.2, -0.15) is 8.42 Å². The van der Waals surface area contributed by atoms with Gasteiger partial charge in [0.2, 0.25) is 0 Å². The average molecular weight is 687 g/mol. The van der Waals surface area contributed by atoms with Crippen LogP contribution in [0.2, 0.25) is 0 Å². The van der Waals surface area contributed by atoms with Crippen molar-refractivity contribution in [1.82, 2.24) is 24.6 Å². The van der Waals surface area contributed by atoms with Gasteiger partial charge in [0, 0.05) is 24.3 Å². The van der Waals surface area contributed by atoms with Crippen LogP contribution in [0.15, 0.2) is 93.1 Å². The zero-order valence-corrected chi connectivity index (χ0v) is 28.2. The fourth-order valence-corrected chi connectivity index (χ4v) is 6.87. The van der Waals surface area contributed by atoms with Gasteiger partial charge in [0.05, 0.1) is 21.0 Å². The van der Waals surface area contributed by atoms with E-state index < -0.39 is 26.1 Å². The van der Waals surface area contributed by atoms with Crippen LogP contribution < -0.4 is 10.0 Å². The molecule has 0 aliphatic heterocycles. The molecule has 0 unspecified atom stereocenters. The monoisotopic (exact) mass is 686 g/mol. The van der Waals surface area contributed by atoms with E-state index in [1.165, 1.54) is 24.3 Å². The van der Waals surface area contributed by atoms with Crippen LogP contribution in [0, 0.1) is 13.8 Å². The predicted octanol–water partition coefficient (Wildman–Crippen LogP) is 4.64. The van der Waals surface area contributed by atoms with Crippen molar-refractivity contribution in [3.63, 3.8) is 0 Å². The fourth-order valence-electron chi connectivity index (χ4n) is 5.26. The lowest BCUT2D eigenvalue weighted by Gasteiger charge is -2.11. The number of nitrogens with one attached hydrogen (secondary N) is 2. The fraction of sp³-hybridized carbons (Fsp3) is 0.235. The van der Waals surface area contributed by atoms with Crippen LogP contribution in [0.5, 0.6) is 0 Å². The molecule has 2 aromatic heterocycles. The molecule has 2 amide bonds. The molecule has 0 saturated carbocycles. The van der Waals surface area contributed by atoms with E-state index in [-0.39, 0.29) is 16.3 Å². The molecule has 0 bridgehead atoms. The first kappa shape index (κ1) is 34.2. The van der Waals surface area contributed by atoms with Crippen molar-refractivity contribution in [2.24, 2.45) is 4.40 Å². The van der Waals surface area contributed by atoms with E-state index >= 15 is 0 Å². The van der Waals surface area contributed by atoms with Gasteiger partial charge >= 0.3 is 6.03 Å². The SMILES string of the molecule is CCc1nc2c(C)nc(CCc3ccc(S(=O)(=O)N=C=O)cc3)cc2n1-c1ccc(CCNC(=O)NS(=O)(=O)c2ccc(C)cc2)cc1. The molecule has 5 rings (SSSR count). The van der Waals surface area contributed by atoms with Gasteiger partial charge in [0.1, 0.15) is 11.3 Å². The molecule has 5 aromatic rings. The molecule has 2 heterocycles. The predicted molar refractivity (Wildman–Crippen MR) is 181 cm³/mol. The van der Waals surface area contributed by atoms with Crippen molar-refractivity contribution in [1.29, 1.82) is 0 Å². The van der Waals surface area contributed by atoms with Crippen molar-refractivity contribution >= 4 is 43.2 Å². The number of hydrogen-bond donors (Lipinski definition) is 2. The molecule has 0 saturated heterocycles. The summed E-state index contributed by atoms with van der Waals surface area (Å²) in [7, 11) is -8.01. The summed E-state index contributed by atoms with van der Waals surface area (Å²) < 4.78 is 55.9. The van der Waals surface area contributed by atoms with Crippen LogP contribution >= 0.6 is 0 Å². The molecule has 0 fully saturated rings. The van der Waals surface area contributed by atoms with Gasteiger partial charge in [0.25, 0.3) is 26.1 Å². The number of urea groups is 1. The Bertz CT molecular complexity index is 2220. The zero-order valence-electron chi connectivity index (χ0n) is 26.6. The van der Waals surface area contributed by atoms with Crippen molar-refractivity contribution in [2.75, 3.05) is 6.54 Å². The quantitative estimate of drug-likeness (QED) is 0.141. The minimum absolute atomic E-state index is 0.0174. The Morgan fingerprint density at radius 1 is 0.833 bits per heavy atom. The number of rotatable bonds is 12. The molecule has 0 atom stereocenters. The van der Waals surface area contributed by atoms with Gasteiger partial charge in [-0.15, -0.1) is 0 Å². The van der Waals surface area contributed by atoms with Crippen molar-refractivity contribution < 1.29 is 26.4 Å². The Labute approximate surface area is 279 Å². The number of benzene rings is 3. The largest absolute Gasteiger partial charge is 0.337 e. The van der Waals surface area contributed by atoms with E-state index in [1.807, 2.05) is 55.8 Å². The summed E-state index contributed by atoms with van der Waals surface area (Å²) in [4.78, 5) is 32.3. The maximum absolute atomic E-state index is 12.5. The van der Waals surface area contributed by atoms with Gasteiger partial charge in [-0.25, -0.2) is 27.7 Å². The molecule has 12 nitrogen and oxygen atoms in total. The third kappa shape index (κ3) is 7.85. The highest BCUT2D eigenvalue weighted by Crippen LogP contribution is 2.26. The highest BCUT2D eigenvalue weighted by Gasteiger charge is 2.18. The summed E-state index contributed by atoms with van der Waals surface area (Å²) in [6, 6.07) is 21.6. The highest BCUT2D eigenvalue weighted by atomic mass is 32.2. The molecule has 14 heteroatoms. The second kappa shape index (κ2) is 14.3. The number of aryl methyl sites for hydroxylation is 5. The number of fused-ring (bicyclic) bond motifs is 1. The lowest BCUT2D eigenvalue weighted by Crippen LogP contribution is -2.40. The van der Waals surface area contributed by atoms with Crippen LogP contribution in [0.3, 0.4) is 0 Å². The maximum Gasteiger partial charge on any atom is 0.328 e. The Kier molecular flexibility index (Phi) is 10.2. The van der Waals surface area contributed by atoms with Gasteiger partial charge < -0.3 is 5.32 Å². The minimum Gasteiger partial charge on any atom is -0.337 e. The van der Waals surface area contributed by atoms with Crippen LogP contribution in [0.25, 0.3) is 16.7 Å². The third-order valence-corrected chi connectivity index (χ3v) is 10.3.